The van der Waals surface area contributed by atoms with E-state index in [2.05, 4.69) is 0 Å². The molecule has 5 unspecified atom stereocenters. The highest BCUT2D eigenvalue weighted by Gasteiger charge is 2.59. The average Bonchev–Trinajstić information content (AvgIpc) is 2.50. The van der Waals surface area contributed by atoms with Crippen LogP contribution < -0.4 is 0 Å². The van der Waals surface area contributed by atoms with Gasteiger partial charge in [-0.15, -0.1) is 0 Å². The third-order valence-corrected chi connectivity index (χ3v) is 7.11. The van der Waals surface area contributed by atoms with Gasteiger partial charge in [-0.25, -0.2) is 0 Å². The molecule has 4 nitrogen and oxygen atoms in total. The van der Waals surface area contributed by atoms with Crippen LogP contribution in [0, 0.1) is 23.7 Å². The van der Waals surface area contributed by atoms with Crippen molar-refractivity contribution in [2.75, 3.05) is 0 Å². The van der Waals surface area contributed by atoms with Crippen LogP contribution in [0.25, 0.3) is 0 Å². The fourth-order valence-corrected chi connectivity index (χ4v) is 6.21. The second-order valence-electron chi connectivity index (χ2n) is 9.39. The number of esters is 1. The van der Waals surface area contributed by atoms with E-state index in [-0.39, 0.29) is 18.1 Å². The molecule has 0 amide bonds. The first-order chi connectivity index (χ1) is 11.7. The molecule has 142 valence electrons. The number of ketones is 1. The van der Waals surface area contributed by atoms with Crippen LogP contribution in [-0.4, -0.2) is 28.1 Å². The first kappa shape index (κ1) is 18.9. The molecule has 0 heterocycles. The number of carbonyl (C=O) groups excluding carboxylic acids is 2. The summed E-state index contributed by atoms with van der Waals surface area (Å²) >= 11 is 0. The Hall–Kier alpha value is -0.900. The van der Waals surface area contributed by atoms with Gasteiger partial charge in [0.05, 0.1) is 5.60 Å². The van der Waals surface area contributed by atoms with Crippen LogP contribution in [0.1, 0.15) is 85.0 Å². The number of fused-ring (bicyclic) bond motifs is 2. The van der Waals surface area contributed by atoms with Gasteiger partial charge in [0.25, 0.3) is 0 Å². The van der Waals surface area contributed by atoms with Crippen molar-refractivity contribution in [2.45, 2.75) is 96.2 Å². The van der Waals surface area contributed by atoms with Crippen LogP contribution in [0.3, 0.4) is 0 Å². The van der Waals surface area contributed by atoms with Crippen LogP contribution in [-0.2, 0) is 14.3 Å². The van der Waals surface area contributed by atoms with Gasteiger partial charge in [-0.1, -0.05) is 32.1 Å². The van der Waals surface area contributed by atoms with Gasteiger partial charge in [0.2, 0.25) is 0 Å². The Labute approximate surface area is 151 Å². The predicted octanol–water partition coefficient (Wildman–Crippen LogP) is 4.03. The van der Waals surface area contributed by atoms with Crippen molar-refractivity contribution in [2.24, 2.45) is 23.7 Å². The molecule has 0 spiro atoms. The molecular formula is C21H34O4. The van der Waals surface area contributed by atoms with Crippen LogP contribution in [0.4, 0.5) is 0 Å². The second-order valence-corrected chi connectivity index (χ2v) is 9.39. The first-order valence-electron chi connectivity index (χ1n) is 10.2. The molecule has 3 saturated carbocycles. The number of ether oxygens (including phenoxy) is 1. The van der Waals surface area contributed by atoms with Crippen molar-refractivity contribution < 1.29 is 19.4 Å². The van der Waals surface area contributed by atoms with Crippen LogP contribution >= 0.6 is 0 Å². The van der Waals surface area contributed by atoms with Gasteiger partial charge in [-0.2, -0.15) is 0 Å². The Bertz CT molecular complexity index is 520. The molecule has 3 rings (SSSR count). The Morgan fingerprint density at radius 3 is 2.40 bits per heavy atom. The molecular weight excluding hydrogens is 316 g/mol. The van der Waals surface area contributed by atoms with Gasteiger partial charge in [-0.3, -0.25) is 9.59 Å². The van der Waals surface area contributed by atoms with Gasteiger partial charge in [0.15, 0.2) is 0 Å². The zero-order valence-electron chi connectivity index (χ0n) is 16.1. The van der Waals surface area contributed by atoms with E-state index in [4.69, 9.17) is 4.74 Å². The van der Waals surface area contributed by atoms with Gasteiger partial charge < -0.3 is 9.84 Å². The molecule has 4 heteroatoms. The zero-order valence-corrected chi connectivity index (χ0v) is 16.1. The molecule has 25 heavy (non-hydrogen) atoms. The van der Waals surface area contributed by atoms with E-state index in [1.54, 1.807) is 0 Å². The van der Waals surface area contributed by atoms with E-state index in [0.29, 0.717) is 11.8 Å². The molecule has 0 bridgehead atoms. The third kappa shape index (κ3) is 3.79. The predicted molar refractivity (Wildman–Crippen MR) is 95.9 cm³/mol. The fourth-order valence-electron chi connectivity index (χ4n) is 6.21. The van der Waals surface area contributed by atoms with E-state index < -0.39 is 17.2 Å². The molecule has 0 aliphatic heterocycles. The van der Waals surface area contributed by atoms with E-state index in [0.717, 1.165) is 38.0 Å². The minimum atomic E-state index is -0.878. The molecule has 0 aromatic rings. The van der Waals surface area contributed by atoms with E-state index >= 15 is 0 Å². The van der Waals surface area contributed by atoms with E-state index in [9.17, 15) is 14.7 Å². The van der Waals surface area contributed by atoms with E-state index in [1.807, 2.05) is 13.8 Å². The topological polar surface area (TPSA) is 63.6 Å². The summed E-state index contributed by atoms with van der Waals surface area (Å²) < 4.78 is 6.16. The third-order valence-electron chi connectivity index (χ3n) is 7.11. The highest BCUT2D eigenvalue weighted by Crippen LogP contribution is 2.58. The summed E-state index contributed by atoms with van der Waals surface area (Å²) in [6.07, 6.45) is 9.98. The Morgan fingerprint density at radius 1 is 1.08 bits per heavy atom. The number of hydrogen-bond donors (Lipinski definition) is 1. The lowest BCUT2D eigenvalue weighted by molar-refractivity contribution is -0.222. The van der Waals surface area contributed by atoms with Crippen LogP contribution in [0.5, 0.6) is 0 Å². The van der Waals surface area contributed by atoms with Crippen molar-refractivity contribution in [1.82, 2.24) is 0 Å². The standard InChI is InChI=1S/C21H34O4/c1-14(22)11-19(23)25-21-13-16-8-5-4-7-15(16)12-17(21)9-6-10-18(21)20(2,3)24/h15-18,24H,4-13H2,1-3H3. The lowest BCUT2D eigenvalue weighted by Crippen LogP contribution is -2.61. The maximum atomic E-state index is 12.5. The van der Waals surface area contributed by atoms with E-state index in [1.165, 1.54) is 32.6 Å². The first-order valence-corrected chi connectivity index (χ1v) is 10.2. The zero-order chi connectivity index (χ0) is 18.2. The molecule has 0 radical (unpaired) electrons. The molecule has 3 fully saturated rings. The molecule has 3 aliphatic carbocycles. The summed E-state index contributed by atoms with van der Waals surface area (Å²) in [4.78, 5) is 23.9. The molecule has 1 N–H and O–H groups in total. The van der Waals surface area contributed by atoms with Crippen molar-refractivity contribution in [1.29, 1.82) is 0 Å². The SMILES string of the molecule is CC(=O)CC(=O)OC12CC3CCCCC3CC1CCCC2C(C)(C)O. The maximum absolute atomic E-state index is 12.5. The fraction of sp³-hybridized carbons (Fsp3) is 0.905. The largest absolute Gasteiger partial charge is 0.458 e. The maximum Gasteiger partial charge on any atom is 0.313 e. The molecule has 3 aliphatic rings. The summed E-state index contributed by atoms with van der Waals surface area (Å²) in [6, 6.07) is 0. The quantitative estimate of drug-likeness (QED) is 0.614. The highest BCUT2D eigenvalue weighted by molar-refractivity contribution is 5.94. The van der Waals surface area contributed by atoms with Crippen LogP contribution in [0.2, 0.25) is 0 Å². The summed E-state index contributed by atoms with van der Waals surface area (Å²) in [6.45, 7) is 5.14. The van der Waals surface area contributed by atoms with Crippen molar-refractivity contribution in [3.05, 3.63) is 0 Å². The molecule has 0 aromatic carbocycles. The van der Waals surface area contributed by atoms with Crippen molar-refractivity contribution in [3.63, 3.8) is 0 Å². The summed E-state index contributed by atoms with van der Waals surface area (Å²) in [5, 5.41) is 10.9. The molecule has 0 saturated heterocycles. The lowest BCUT2D eigenvalue weighted by Gasteiger charge is -2.58. The number of rotatable bonds is 4. The van der Waals surface area contributed by atoms with Gasteiger partial charge in [0, 0.05) is 5.92 Å². The lowest BCUT2D eigenvalue weighted by atomic mass is 9.52. The summed E-state index contributed by atoms with van der Waals surface area (Å²) in [7, 11) is 0. The summed E-state index contributed by atoms with van der Waals surface area (Å²) in [5.41, 5.74) is -1.46. The minimum absolute atomic E-state index is 0.0439. The minimum Gasteiger partial charge on any atom is -0.458 e. The number of aliphatic hydroxyl groups is 1. The molecule has 0 aromatic heterocycles. The Kier molecular flexibility index (Phi) is 5.30. The van der Waals surface area contributed by atoms with Crippen molar-refractivity contribution >= 4 is 11.8 Å². The highest BCUT2D eigenvalue weighted by atomic mass is 16.6. The van der Waals surface area contributed by atoms with Crippen molar-refractivity contribution in [3.8, 4) is 0 Å². The Balaban J connectivity index is 1.92. The summed E-state index contributed by atoms with van der Waals surface area (Å²) in [5.74, 6) is 1.07. The van der Waals surface area contributed by atoms with Crippen LogP contribution in [0.15, 0.2) is 0 Å². The smallest absolute Gasteiger partial charge is 0.313 e. The molecule has 5 atom stereocenters. The second kappa shape index (κ2) is 7.02. The average molecular weight is 350 g/mol. The Morgan fingerprint density at radius 2 is 1.76 bits per heavy atom. The number of carbonyl (C=O) groups is 2. The normalized spacial score (nSPS) is 38.4. The number of Topliss-reactive ketones (excluding diaryl/α,β-unsaturated/α-hetero) is 1. The van der Waals surface area contributed by atoms with Gasteiger partial charge in [0.1, 0.15) is 17.8 Å². The van der Waals surface area contributed by atoms with Gasteiger partial charge in [-0.05, 0) is 64.2 Å². The van der Waals surface area contributed by atoms with Gasteiger partial charge >= 0.3 is 5.97 Å². The monoisotopic (exact) mass is 350 g/mol. The number of hydrogen-bond acceptors (Lipinski definition) is 4.